The molecule has 116 valence electrons. The fourth-order valence-electron chi connectivity index (χ4n) is 6.15. The maximum Gasteiger partial charge on any atom is 0.00672 e. The highest BCUT2D eigenvalue weighted by molar-refractivity contribution is 4.98. The van der Waals surface area contributed by atoms with Gasteiger partial charge in [0.2, 0.25) is 0 Å². The molecule has 0 saturated heterocycles. The van der Waals surface area contributed by atoms with Crippen molar-refractivity contribution < 1.29 is 0 Å². The molecule has 0 aromatic carbocycles. The topological polar surface area (TPSA) is 26.0 Å². The molecule has 0 spiro atoms. The Hall–Kier alpha value is -0.0400. The summed E-state index contributed by atoms with van der Waals surface area (Å²) in [6.45, 7) is 5.18. The van der Waals surface area contributed by atoms with Gasteiger partial charge in [0.15, 0.2) is 0 Å². The molecule has 2 bridgehead atoms. The molecule has 1 nitrogen and oxygen atoms in total. The van der Waals surface area contributed by atoms with Gasteiger partial charge in [0.25, 0.3) is 0 Å². The number of rotatable bonds is 0. The van der Waals surface area contributed by atoms with Gasteiger partial charge in [0.05, 0.1) is 0 Å². The van der Waals surface area contributed by atoms with E-state index in [-0.39, 0.29) is 0 Å². The van der Waals surface area contributed by atoms with Gasteiger partial charge in [-0.3, -0.25) is 0 Å². The number of hydrogen-bond donors (Lipinski definition) is 1. The van der Waals surface area contributed by atoms with Gasteiger partial charge in [-0.05, 0) is 80.5 Å². The van der Waals surface area contributed by atoms with E-state index in [1.54, 1.807) is 0 Å². The van der Waals surface area contributed by atoms with Gasteiger partial charge in [-0.25, -0.2) is 0 Å². The van der Waals surface area contributed by atoms with Crippen LogP contribution in [0.25, 0.3) is 0 Å². The van der Waals surface area contributed by atoms with Gasteiger partial charge in [0, 0.05) is 6.04 Å². The summed E-state index contributed by atoms with van der Waals surface area (Å²) in [5.74, 6) is 3.73. The molecule has 3 aliphatic carbocycles. The normalized spacial score (nSPS) is 50.2. The van der Waals surface area contributed by atoms with Crippen LogP contribution in [0.4, 0.5) is 0 Å². The minimum Gasteiger partial charge on any atom is -0.327 e. The zero-order chi connectivity index (χ0) is 14.2. The van der Waals surface area contributed by atoms with E-state index in [2.05, 4.69) is 13.8 Å². The Morgan fingerprint density at radius 3 is 2.45 bits per heavy atom. The van der Waals surface area contributed by atoms with Crippen LogP contribution in [0.3, 0.4) is 0 Å². The highest BCUT2D eigenvalue weighted by atomic mass is 14.7. The summed E-state index contributed by atoms with van der Waals surface area (Å²) in [4.78, 5) is 0. The fraction of sp³-hybridized carbons (Fsp3) is 1.00. The monoisotopic (exact) mass is 277 g/mol. The smallest absolute Gasteiger partial charge is 0.00672 e. The maximum atomic E-state index is 6.55. The zero-order valence-corrected chi connectivity index (χ0v) is 13.7. The Balaban J connectivity index is 1.87. The second kappa shape index (κ2) is 5.99. The molecule has 0 aliphatic heterocycles. The number of hydrogen-bond acceptors (Lipinski definition) is 1. The molecular formula is C19H35N. The van der Waals surface area contributed by atoms with Crippen LogP contribution < -0.4 is 5.73 Å². The van der Waals surface area contributed by atoms with Gasteiger partial charge in [-0.15, -0.1) is 0 Å². The number of nitrogens with two attached hydrogens (primary N) is 1. The summed E-state index contributed by atoms with van der Waals surface area (Å²) in [5.41, 5.74) is 7.21. The van der Waals surface area contributed by atoms with Crippen LogP contribution in [0.15, 0.2) is 0 Å². The Morgan fingerprint density at radius 1 is 0.850 bits per heavy atom. The van der Waals surface area contributed by atoms with Crippen LogP contribution >= 0.6 is 0 Å². The lowest BCUT2D eigenvalue weighted by Gasteiger charge is -2.43. The van der Waals surface area contributed by atoms with Crippen LogP contribution in [0.5, 0.6) is 0 Å². The van der Waals surface area contributed by atoms with E-state index in [4.69, 9.17) is 5.73 Å². The highest BCUT2D eigenvalue weighted by Gasteiger charge is 2.47. The van der Waals surface area contributed by atoms with Gasteiger partial charge in [-0.2, -0.15) is 0 Å². The first kappa shape index (κ1) is 14.9. The third-order valence-electron chi connectivity index (χ3n) is 7.52. The van der Waals surface area contributed by atoms with Crippen LogP contribution in [0, 0.1) is 29.1 Å². The summed E-state index contributed by atoms with van der Waals surface area (Å²) in [5, 5.41) is 0. The Morgan fingerprint density at radius 2 is 1.60 bits per heavy atom. The molecule has 3 saturated carbocycles. The number of fused-ring (bicyclic) bond motifs is 3. The van der Waals surface area contributed by atoms with E-state index in [1.165, 1.54) is 70.6 Å². The largest absolute Gasteiger partial charge is 0.327 e. The summed E-state index contributed by atoms with van der Waals surface area (Å²) in [6, 6.07) is 0.485. The third-order valence-corrected chi connectivity index (χ3v) is 7.52. The molecular weight excluding hydrogens is 242 g/mol. The van der Waals surface area contributed by atoms with Crippen LogP contribution in [0.2, 0.25) is 0 Å². The predicted molar refractivity (Wildman–Crippen MR) is 86.5 cm³/mol. The van der Waals surface area contributed by atoms with E-state index in [0.717, 1.165) is 23.7 Å². The van der Waals surface area contributed by atoms with E-state index >= 15 is 0 Å². The Bertz CT molecular complexity index is 326. The quantitative estimate of drug-likeness (QED) is 0.652. The molecule has 6 atom stereocenters. The summed E-state index contributed by atoms with van der Waals surface area (Å²) < 4.78 is 0. The molecule has 3 rings (SSSR count). The van der Waals surface area contributed by atoms with Crippen molar-refractivity contribution in [2.24, 2.45) is 34.8 Å². The standard InChI is InChI=1S/C19H35N/c1-14-9-12-18(20)15-6-3-4-8-16-10-11-17(14)19(16,2)13-5-7-15/h14-18H,3-13,20H2,1-2H3/t14?,15-,16?,17+,18?,19?/m1/s1. The summed E-state index contributed by atoms with van der Waals surface area (Å²) >= 11 is 0. The van der Waals surface area contributed by atoms with Crippen LogP contribution in [0.1, 0.15) is 84.5 Å². The Kier molecular flexibility index (Phi) is 4.45. The first-order chi connectivity index (χ1) is 9.61. The van der Waals surface area contributed by atoms with E-state index in [9.17, 15) is 0 Å². The minimum atomic E-state index is 0.485. The SMILES string of the molecule is CC1CCC(N)[C@@H]2CCCCC3CC[C@@H]1C3(C)CCC2. The zero-order valence-electron chi connectivity index (χ0n) is 13.7. The molecule has 3 fully saturated rings. The van der Waals surface area contributed by atoms with Crippen molar-refractivity contribution >= 4 is 0 Å². The van der Waals surface area contributed by atoms with Gasteiger partial charge >= 0.3 is 0 Å². The average molecular weight is 277 g/mol. The first-order valence-corrected chi connectivity index (χ1v) is 9.37. The maximum absolute atomic E-state index is 6.55. The van der Waals surface area contributed by atoms with Crippen molar-refractivity contribution in [1.29, 1.82) is 0 Å². The van der Waals surface area contributed by atoms with Crippen molar-refractivity contribution in [3.63, 3.8) is 0 Å². The van der Waals surface area contributed by atoms with Gasteiger partial charge in [0.1, 0.15) is 0 Å². The van der Waals surface area contributed by atoms with Crippen molar-refractivity contribution in [3.05, 3.63) is 0 Å². The molecule has 0 heterocycles. The van der Waals surface area contributed by atoms with E-state index in [0.29, 0.717) is 11.5 Å². The molecule has 3 aliphatic rings. The van der Waals surface area contributed by atoms with Crippen LogP contribution in [-0.4, -0.2) is 6.04 Å². The van der Waals surface area contributed by atoms with Crippen molar-refractivity contribution in [1.82, 2.24) is 0 Å². The molecule has 1 heteroatoms. The molecule has 2 N–H and O–H groups in total. The average Bonchev–Trinajstić information content (AvgIpc) is 2.76. The minimum absolute atomic E-state index is 0.485. The van der Waals surface area contributed by atoms with Gasteiger partial charge < -0.3 is 5.73 Å². The lowest BCUT2D eigenvalue weighted by molar-refractivity contribution is 0.0729. The third kappa shape index (κ3) is 2.67. The summed E-state index contributed by atoms with van der Waals surface area (Å²) in [6.07, 6.45) is 15.8. The van der Waals surface area contributed by atoms with Crippen molar-refractivity contribution in [2.45, 2.75) is 90.5 Å². The molecule has 0 aromatic heterocycles. The molecule has 0 amide bonds. The lowest BCUT2D eigenvalue weighted by Crippen LogP contribution is -2.37. The van der Waals surface area contributed by atoms with Gasteiger partial charge in [-0.1, -0.05) is 33.1 Å². The molecule has 0 radical (unpaired) electrons. The second-order valence-corrected chi connectivity index (χ2v) is 8.54. The lowest BCUT2D eigenvalue weighted by atomic mass is 9.63. The predicted octanol–water partition coefficient (Wildman–Crippen LogP) is 5.14. The first-order valence-electron chi connectivity index (χ1n) is 9.37. The van der Waals surface area contributed by atoms with Crippen molar-refractivity contribution in [3.8, 4) is 0 Å². The Labute approximate surface area is 126 Å². The highest BCUT2D eigenvalue weighted by Crippen LogP contribution is 2.57. The van der Waals surface area contributed by atoms with E-state index in [1.807, 2.05) is 0 Å². The van der Waals surface area contributed by atoms with Crippen molar-refractivity contribution in [2.75, 3.05) is 0 Å². The van der Waals surface area contributed by atoms with Crippen LogP contribution in [-0.2, 0) is 0 Å². The molecule has 4 unspecified atom stereocenters. The molecule has 20 heavy (non-hydrogen) atoms. The van der Waals surface area contributed by atoms with E-state index < -0.39 is 0 Å². The summed E-state index contributed by atoms with van der Waals surface area (Å²) in [7, 11) is 0. The fourth-order valence-corrected chi connectivity index (χ4v) is 6.15. The second-order valence-electron chi connectivity index (χ2n) is 8.54. The molecule has 0 aromatic rings.